The van der Waals surface area contributed by atoms with E-state index in [0.717, 1.165) is 40.5 Å². The van der Waals surface area contributed by atoms with E-state index < -0.39 is 0 Å². The number of amides is 1. The molecule has 0 radical (unpaired) electrons. The summed E-state index contributed by atoms with van der Waals surface area (Å²) in [4.78, 5) is 21.6. The van der Waals surface area contributed by atoms with Crippen LogP contribution in [0.15, 0.2) is 24.3 Å². The number of hydrogen-bond acceptors (Lipinski definition) is 6. The number of benzene rings is 1. The third-order valence-corrected chi connectivity index (χ3v) is 7.07. The first kappa shape index (κ1) is 17.6. The Labute approximate surface area is 160 Å². The Kier molecular flexibility index (Phi) is 4.79. The number of primary amides is 1. The molecule has 1 aliphatic heterocycles. The van der Waals surface area contributed by atoms with Crippen LogP contribution in [0.5, 0.6) is 0 Å². The van der Waals surface area contributed by atoms with Crippen LogP contribution in [-0.4, -0.2) is 43.0 Å². The average Bonchev–Trinajstić information content (AvgIpc) is 3.19. The van der Waals surface area contributed by atoms with Gasteiger partial charge in [-0.15, -0.1) is 22.7 Å². The predicted molar refractivity (Wildman–Crippen MR) is 109 cm³/mol. The summed E-state index contributed by atoms with van der Waals surface area (Å²) in [7, 11) is 3.95. The predicted octanol–water partition coefficient (Wildman–Crippen LogP) is 2.80. The Morgan fingerprint density at radius 2 is 2.15 bits per heavy atom. The van der Waals surface area contributed by atoms with Gasteiger partial charge in [0.2, 0.25) is 5.91 Å². The van der Waals surface area contributed by atoms with Gasteiger partial charge in [-0.2, -0.15) is 0 Å². The Morgan fingerprint density at radius 1 is 1.35 bits per heavy atom. The van der Waals surface area contributed by atoms with Crippen LogP contribution in [0.3, 0.4) is 0 Å². The van der Waals surface area contributed by atoms with Gasteiger partial charge < -0.3 is 16.0 Å². The van der Waals surface area contributed by atoms with Crippen LogP contribution in [-0.2, 0) is 17.8 Å². The minimum Gasteiger partial charge on any atom is -0.369 e. The zero-order valence-electron chi connectivity index (χ0n) is 14.9. The summed E-state index contributed by atoms with van der Waals surface area (Å²) in [6.45, 7) is 2.42. The summed E-state index contributed by atoms with van der Waals surface area (Å²) < 4.78 is 1.17. The van der Waals surface area contributed by atoms with E-state index >= 15 is 0 Å². The number of para-hydroxylation sites is 1. The number of rotatable bonds is 5. The van der Waals surface area contributed by atoms with Gasteiger partial charge in [-0.1, -0.05) is 12.1 Å². The van der Waals surface area contributed by atoms with E-state index in [4.69, 9.17) is 10.7 Å². The molecule has 3 N–H and O–H groups in total. The van der Waals surface area contributed by atoms with Gasteiger partial charge >= 0.3 is 0 Å². The number of hydrogen-bond donors (Lipinski definition) is 2. The highest BCUT2D eigenvalue weighted by molar-refractivity contribution is 7.22. The third kappa shape index (κ3) is 3.16. The van der Waals surface area contributed by atoms with Crippen molar-refractivity contribution in [1.82, 2.24) is 15.2 Å². The molecule has 0 fully saturated rings. The number of aromatic nitrogens is 1. The smallest absolute Gasteiger partial charge is 0.227 e. The molecule has 2 aromatic heterocycles. The Bertz CT molecular complexity index is 927. The summed E-state index contributed by atoms with van der Waals surface area (Å²) >= 11 is 3.42. The van der Waals surface area contributed by atoms with Crippen molar-refractivity contribution in [3.8, 4) is 10.6 Å². The first-order valence-electron chi connectivity index (χ1n) is 8.69. The van der Waals surface area contributed by atoms with Gasteiger partial charge in [0.15, 0.2) is 0 Å². The fraction of sp³-hybridized carbons (Fsp3) is 0.368. The van der Waals surface area contributed by atoms with E-state index in [1.54, 1.807) is 22.7 Å². The zero-order valence-corrected chi connectivity index (χ0v) is 16.5. The van der Waals surface area contributed by atoms with Crippen molar-refractivity contribution in [3.05, 3.63) is 39.6 Å². The van der Waals surface area contributed by atoms with Crippen molar-refractivity contribution in [2.45, 2.75) is 18.9 Å². The van der Waals surface area contributed by atoms with Gasteiger partial charge in [0.25, 0.3) is 0 Å². The number of thiophene rings is 1. The maximum atomic E-state index is 12.3. The van der Waals surface area contributed by atoms with Crippen molar-refractivity contribution in [2.75, 3.05) is 27.2 Å². The van der Waals surface area contributed by atoms with Crippen LogP contribution in [0.25, 0.3) is 20.8 Å². The molecule has 1 aliphatic rings. The van der Waals surface area contributed by atoms with Gasteiger partial charge in [0.05, 0.1) is 16.1 Å². The zero-order chi connectivity index (χ0) is 18.3. The van der Waals surface area contributed by atoms with Gasteiger partial charge in [-0.3, -0.25) is 4.79 Å². The molecular weight excluding hydrogens is 364 g/mol. The number of carbonyl (C=O) groups excluding carboxylic acids is 1. The molecular formula is C19H22N4OS2. The molecule has 26 heavy (non-hydrogen) atoms. The van der Waals surface area contributed by atoms with E-state index in [-0.39, 0.29) is 11.8 Å². The molecule has 0 spiro atoms. The third-order valence-electron chi connectivity index (χ3n) is 4.67. The van der Waals surface area contributed by atoms with Crippen molar-refractivity contribution in [1.29, 1.82) is 0 Å². The number of carbonyl (C=O) groups is 1. The number of nitrogens with zero attached hydrogens (tertiary/aromatic N) is 2. The molecule has 0 saturated heterocycles. The van der Waals surface area contributed by atoms with E-state index in [0.29, 0.717) is 6.54 Å². The normalized spacial score (nSPS) is 15.3. The summed E-state index contributed by atoms with van der Waals surface area (Å²) in [6, 6.07) is 8.19. The molecule has 3 heterocycles. The molecule has 0 aliphatic carbocycles. The molecule has 5 nitrogen and oxygen atoms in total. The maximum Gasteiger partial charge on any atom is 0.227 e. The van der Waals surface area contributed by atoms with Crippen molar-refractivity contribution < 1.29 is 4.79 Å². The Balaban J connectivity index is 1.91. The topological polar surface area (TPSA) is 71.2 Å². The van der Waals surface area contributed by atoms with Crippen LogP contribution in [0.2, 0.25) is 0 Å². The number of nitrogens with one attached hydrogen (secondary N) is 1. The second-order valence-corrected chi connectivity index (χ2v) is 9.04. The summed E-state index contributed by atoms with van der Waals surface area (Å²) in [5.41, 5.74) is 9.31. The minimum absolute atomic E-state index is 0.271. The molecule has 136 valence electrons. The fourth-order valence-corrected chi connectivity index (χ4v) is 6.02. The quantitative estimate of drug-likeness (QED) is 0.707. The Morgan fingerprint density at radius 3 is 2.88 bits per heavy atom. The molecule has 7 heteroatoms. The first-order chi connectivity index (χ1) is 12.5. The van der Waals surface area contributed by atoms with Gasteiger partial charge in [-0.05, 0) is 44.8 Å². The van der Waals surface area contributed by atoms with Crippen LogP contribution in [0, 0.1) is 0 Å². The largest absolute Gasteiger partial charge is 0.369 e. The molecule has 0 saturated carbocycles. The summed E-state index contributed by atoms with van der Waals surface area (Å²) in [6.07, 6.45) is 0.963. The van der Waals surface area contributed by atoms with Crippen LogP contribution in [0.1, 0.15) is 21.2 Å². The molecule has 1 amide bonds. The fourth-order valence-electron chi connectivity index (χ4n) is 3.48. The highest BCUT2D eigenvalue weighted by atomic mass is 32.1. The average molecular weight is 387 g/mol. The molecule has 0 bridgehead atoms. The van der Waals surface area contributed by atoms with Crippen molar-refractivity contribution >= 4 is 38.8 Å². The van der Waals surface area contributed by atoms with Crippen LogP contribution in [0.4, 0.5) is 0 Å². The first-order valence-corrected chi connectivity index (χ1v) is 10.3. The number of thiazole rings is 1. The lowest BCUT2D eigenvalue weighted by Gasteiger charge is -2.18. The lowest BCUT2D eigenvalue weighted by atomic mass is 9.96. The highest BCUT2D eigenvalue weighted by Crippen LogP contribution is 2.44. The maximum absolute atomic E-state index is 12.3. The number of nitrogens with two attached hydrogens (primary N) is 1. The van der Waals surface area contributed by atoms with E-state index in [1.165, 1.54) is 15.1 Å². The molecule has 1 aromatic carbocycles. The van der Waals surface area contributed by atoms with Crippen molar-refractivity contribution in [3.63, 3.8) is 0 Å². The number of fused-ring (bicyclic) bond motifs is 2. The molecule has 4 rings (SSSR count). The Hall–Kier alpha value is -1.80. The molecule has 1 unspecified atom stereocenters. The van der Waals surface area contributed by atoms with E-state index in [2.05, 4.69) is 11.4 Å². The lowest BCUT2D eigenvalue weighted by Crippen LogP contribution is -2.30. The van der Waals surface area contributed by atoms with Crippen LogP contribution < -0.4 is 11.1 Å². The lowest BCUT2D eigenvalue weighted by molar-refractivity contribution is -0.119. The summed E-state index contributed by atoms with van der Waals surface area (Å²) in [5.74, 6) is -0.588. The number of likely N-dealkylation sites (N-methyl/N-ethyl adjacent to an activating group) is 1. The monoisotopic (exact) mass is 386 g/mol. The second-order valence-electron chi connectivity index (χ2n) is 6.87. The highest BCUT2D eigenvalue weighted by Gasteiger charge is 2.31. The van der Waals surface area contributed by atoms with E-state index in [1.807, 2.05) is 37.2 Å². The summed E-state index contributed by atoms with van der Waals surface area (Å²) in [5, 5.41) is 4.44. The second kappa shape index (κ2) is 7.08. The standard InChI is InChI=1S/C19H22N4OS2/c1-23(2)10-12(18(20)24)17-16(11-7-8-21-9-15(11)25-17)19-22-13-5-3-4-6-14(13)26-19/h3-6,12,21H,7-10H2,1-2H3,(H2,20,24). The minimum atomic E-state index is -0.317. The van der Waals surface area contributed by atoms with Crippen LogP contribution >= 0.6 is 22.7 Å². The van der Waals surface area contributed by atoms with Gasteiger partial charge in [0.1, 0.15) is 5.01 Å². The molecule has 1 atom stereocenters. The molecule has 3 aromatic rings. The van der Waals surface area contributed by atoms with Gasteiger partial charge in [0, 0.05) is 28.4 Å². The van der Waals surface area contributed by atoms with Gasteiger partial charge in [-0.25, -0.2) is 4.98 Å². The van der Waals surface area contributed by atoms with E-state index in [9.17, 15) is 4.79 Å². The SMILES string of the molecule is CN(C)CC(C(N)=O)c1sc2c(c1-c1nc3ccccc3s1)CCNC2. The van der Waals surface area contributed by atoms with Crippen molar-refractivity contribution in [2.24, 2.45) is 5.73 Å².